The largest absolute Gasteiger partial charge is 0.481 e. The number of ether oxygens (including phenoxy) is 1. The van der Waals surface area contributed by atoms with Crippen molar-refractivity contribution in [3.05, 3.63) is 48.2 Å². The molecular weight excluding hydrogens is 238 g/mol. The van der Waals surface area contributed by atoms with Gasteiger partial charge in [-0.3, -0.25) is 0 Å². The molecule has 0 aliphatic carbocycles. The number of aromatic nitrogens is 1. The van der Waals surface area contributed by atoms with E-state index in [4.69, 9.17) is 4.74 Å². The molecule has 0 bridgehead atoms. The molecule has 0 amide bonds. The summed E-state index contributed by atoms with van der Waals surface area (Å²) in [7, 11) is 5.69. The highest BCUT2D eigenvalue weighted by molar-refractivity contribution is 5.57. The minimum Gasteiger partial charge on any atom is -0.481 e. The Morgan fingerprint density at radius 1 is 1.16 bits per heavy atom. The number of benzene rings is 1. The van der Waals surface area contributed by atoms with Crippen molar-refractivity contribution < 1.29 is 4.74 Å². The van der Waals surface area contributed by atoms with Crippen molar-refractivity contribution in [3.8, 4) is 5.88 Å². The summed E-state index contributed by atoms with van der Waals surface area (Å²) in [6.07, 6.45) is 0. The van der Waals surface area contributed by atoms with Crippen LogP contribution in [-0.4, -0.2) is 26.2 Å². The maximum absolute atomic E-state index is 5.11. The summed E-state index contributed by atoms with van der Waals surface area (Å²) >= 11 is 0. The lowest BCUT2D eigenvalue weighted by atomic mass is 10.2. The number of nitrogens with one attached hydrogen (secondary N) is 1. The van der Waals surface area contributed by atoms with E-state index in [1.807, 2.05) is 44.4 Å². The van der Waals surface area contributed by atoms with E-state index in [2.05, 4.69) is 27.3 Å². The highest BCUT2D eigenvalue weighted by atomic mass is 16.5. The third-order valence-corrected chi connectivity index (χ3v) is 2.83. The zero-order valence-electron chi connectivity index (χ0n) is 11.6. The van der Waals surface area contributed by atoms with E-state index in [1.165, 1.54) is 5.69 Å². The number of rotatable bonds is 5. The summed E-state index contributed by atoms with van der Waals surface area (Å²) < 4.78 is 5.11. The molecule has 4 nitrogen and oxygen atoms in total. The molecule has 0 saturated carbocycles. The molecule has 0 fully saturated rings. The fourth-order valence-corrected chi connectivity index (χ4v) is 1.76. The Balaban J connectivity index is 2.03. The van der Waals surface area contributed by atoms with E-state index >= 15 is 0 Å². The molecular formula is C15H19N3O. The van der Waals surface area contributed by atoms with Gasteiger partial charge in [0.2, 0.25) is 5.88 Å². The van der Waals surface area contributed by atoms with Crippen molar-refractivity contribution in [2.75, 3.05) is 31.4 Å². The molecule has 0 spiro atoms. The first kappa shape index (κ1) is 13.2. The molecule has 2 aromatic rings. The molecule has 4 heteroatoms. The Hall–Kier alpha value is -2.23. The first-order valence-electron chi connectivity index (χ1n) is 6.20. The van der Waals surface area contributed by atoms with Crippen LogP contribution in [0.2, 0.25) is 0 Å². The van der Waals surface area contributed by atoms with Gasteiger partial charge in [0.15, 0.2) is 0 Å². The fraction of sp³-hybridized carbons (Fsp3) is 0.267. The Morgan fingerprint density at radius 3 is 2.68 bits per heavy atom. The van der Waals surface area contributed by atoms with Gasteiger partial charge in [-0.2, -0.15) is 0 Å². The molecule has 19 heavy (non-hydrogen) atoms. The van der Waals surface area contributed by atoms with Crippen molar-refractivity contribution in [1.29, 1.82) is 0 Å². The molecule has 0 unspecified atom stereocenters. The maximum Gasteiger partial charge on any atom is 0.213 e. The SMILES string of the molecule is COc1cccc(CNc2cccc(N(C)C)c2)n1. The van der Waals surface area contributed by atoms with E-state index in [-0.39, 0.29) is 0 Å². The summed E-state index contributed by atoms with van der Waals surface area (Å²) in [5, 5.41) is 3.36. The van der Waals surface area contributed by atoms with Crippen LogP contribution in [0.3, 0.4) is 0 Å². The second-order valence-corrected chi connectivity index (χ2v) is 4.47. The van der Waals surface area contributed by atoms with Crippen LogP contribution in [0.25, 0.3) is 0 Å². The second-order valence-electron chi connectivity index (χ2n) is 4.47. The van der Waals surface area contributed by atoms with Gasteiger partial charge in [-0.05, 0) is 24.3 Å². The Morgan fingerprint density at radius 2 is 1.95 bits per heavy atom. The van der Waals surface area contributed by atoms with Gasteiger partial charge in [-0.1, -0.05) is 12.1 Å². The lowest BCUT2D eigenvalue weighted by Crippen LogP contribution is -2.09. The van der Waals surface area contributed by atoms with Crippen LogP contribution in [0.4, 0.5) is 11.4 Å². The zero-order chi connectivity index (χ0) is 13.7. The number of methoxy groups -OCH3 is 1. The van der Waals surface area contributed by atoms with Gasteiger partial charge in [0.05, 0.1) is 19.3 Å². The number of nitrogens with zero attached hydrogens (tertiary/aromatic N) is 2. The standard InChI is InChI=1S/C15H19N3O/c1-18(2)14-8-4-6-12(10-14)16-11-13-7-5-9-15(17-13)19-3/h4-10,16H,11H2,1-3H3. The first-order chi connectivity index (χ1) is 9.19. The molecule has 1 aromatic heterocycles. The second kappa shape index (κ2) is 6.09. The third-order valence-electron chi connectivity index (χ3n) is 2.83. The van der Waals surface area contributed by atoms with E-state index in [1.54, 1.807) is 7.11 Å². The molecule has 0 aliphatic rings. The average Bonchev–Trinajstić information content (AvgIpc) is 2.45. The predicted molar refractivity (Wildman–Crippen MR) is 78.9 cm³/mol. The van der Waals surface area contributed by atoms with Gasteiger partial charge < -0.3 is 15.0 Å². The van der Waals surface area contributed by atoms with Crippen LogP contribution in [-0.2, 0) is 6.54 Å². The lowest BCUT2D eigenvalue weighted by Gasteiger charge is -2.14. The summed E-state index contributed by atoms with van der Waals surface area (Å²) in [6.45, 7) is 0.675. The summed E-state index contributed by atoms with van der Waals surface area (Å²) in [4.78, 5) is 6.45. The zero-order valence-corrected chi connectivity index (χ0v) is 11.6. The number of anilines is 2. The van der Waals surface area contributed by atoms with Gasteiger partial charge in [-0.25, -0.2) is 4.98 Å². The van der Waals surface area contributed by atoms with E-state index in [0.29, 0.717) is 12.4 Å². The van der Waals surface area contributed by atoms with Gasteiger partial charge in [-0.15, -0.1) is 0 Å². The molecule has 2 rings (SSSR count). The van der Waals surface area contributed by atoms with Crippen LogP contribution in [0.5, 0.6) is 5.88 Å². The lowest BCUT2D eigenvalue weighted by molar-refractivity contribution is 0.396. The summed E-state index contributed by atoms with van der Waals surface area (Å²) in [5.41, 5.74) is 3.20. The molecule has 1 heterocycles. The van der Waals surface area contributed by atoms with Crippen molar-refractivity contribution in [2.45, 2.75) is 6.54 Å². The van der Waals surface area contributed by atoms with Crippen molar-refractivity contribution >= 4 is 11.4 Å². The fourth-order valence-electron chi connectivity index (χ4n) is 1.76. The molecule has 0 atom stereocenters. The van der Waals surface area contributed by atoms with Gasteiger partial charge >= 0.3 is 0 Å². The Labute approximate surface area is 114 Å². The van der Waals surface area contributed by atoms with Gasteiger partial charge in [0, 0.05) is 31.5 Å². The molecule has 0 radical (unpaired) electrons. The van der Waals surface area contributed by atoms with Crippen LogP contribution in [0.1, 0.15) is 5.69 Å². The maximum atomic E-state index is 5.11. The Kier molecular flexibility index (Phi) is 4.23. The topological polar surface area (TPSA) is 37.4 Å². The van der Waals surface area contributed by atoms with Gasteiger partial charge in [0.1, 0.15) is 0 Å². The normalized spacial score (nSPS) is 10.1. The number of hydrogen-bond acceptors (Lipinski definition) is 4. The van der Waals surface area contributed by atoms with E-state index < -0.39 is 0 Å². The minimum atomic E-state index is 0.640. The van der Waals surface area contributed by atoms with Crippen LogP contribution in [0.15, 0.2) is 42.5 Å². The van der Waals surface area contributed by atoms with Crippen LogP contribution < -0.4 is 15.0 Å². The molecule has 0 aliphatic heterocycles. The molecule has 1 aromatic carbocycles. The third kappa shape index (κ3) is 3.61. The summed E-state index contributed by atoms with van der Waals surface area (Å²) in [6, 6.07) is 14.0. The molecule has 100 valence electrons. The number of hydrogen-bond donors (Lipinski definition) is 1. The molecule has 1 N–H and O–H groups in total. The predicted octanol–water partition coefficient (Wildman–Crippen LogP) is 2.77. The quantitative estimate of drug-likeness (QED) is 0.893. The van der Waals surface area contributed by atoms with Gasteiger partial charge in [0.25, 0.3) is 0 Å². The van der Waals surface area contributed by atoms with Crippen molar-refractivity contribution in [1.82, 2.24) is 4.98 Å². The molecule has 0 saturated heterocycles. The van der Waals surface area contributed by atoms with Crippen LogP contribution in [0, 0.1) is 0 Å². The smallest absolute Gasteiger partial charge is 0.213 e. The highest BCUT2D eigenvalue weighted by Gasteiger charge is 2.00. The van der Waals surface area contributed by atoms with Crippen LogP contribution >= 0.6 is 0 Å². The average molecular weight is 257 g/mol. The van der Waals surface area contributed by atoms with Crippen molar-refractivity contribution in [2.24, 2.45) is 0 Å². The van der Waals surface area contributed by atoms with E-state index in [9.17, 15) is 0 Å². The number of pyridine rings is 1. The first-order valence-corrected chi connectivity index (χ1v) is 6.20. The minimum absolute atomic E-state index is 0.640. The monoisotopic (exact) mass is 257 g/mol. The van der Waals surface area contributed by atoms with E-state index in [0.717, 1.165) is 11.4 Å². The van der Waals surface area contributed by atoms with Crippen molar-refractivity contribution in [3.63, 3.8) is 0 Å². The highest BCUT2D eigenvalue weighted by Crippen LogP contribution is 2.18. The summed E-state index contributed by atoms with van der Waals surface area (Å²) in [5.74, 6) is 0.640. The Bertz CT molecular complexity index is 540.